The lowest BCUT2D eigenvalue weighted by molar-refractivity contribution is -0.119. The van der Waals surface area contributed by atoms with Crippen LogP contribution >= 0.6 is 11.8 Å². The fourth-order valence-corrected chi connectivity index (χ4v) is 3.27. The molecule has 0 unspecified atom stereocenters. The molecule has 0 bridgehead atoms. The molecule has 0 aliphatic carbocycles. The number of carbonyl (C=O) groups is 1. The first kappa shape index (κ1) is 14.4. The van der Waals surface area contributed by atoms with E-state index in [-0.39, 0.29) is 12.0 Å². The van der Waals surface area contributed by atoms with Crippen molar-refractivity contribution in [2.24, 2.45) is 0 Å². The molecule has 0 saturated carbocycles. The van der Waals surface area contributed by atoms with Crippen LogP contribution in [0.4, 0.5) is 0 Å². The Labute approximate surface area is 128 Å². The van der Waals surface area contributed by atoms with Crippen LogP contribution in [0.5, 0.6) is 0 Å². The normalized spacial score (nSPS) is 18.0. The van der Waals surface area contributed by atoms with Gasteiger partial charge in [0.2, 0.25) is 5.91 Å². The second-order valence-electron chi connectivity index (χ2n) is 5.07. The zero-order valence-corrected chi connectivity index (χ0v) is 12.6. The van der Waals surface area contributed by atoms with E-state index in [9.17, 15) is 4.79 Å². The SMILES string of the molecule is O=C(CSc1nccc2ccccc12)NC[C@@H]1CCCO1. The first-order valence-electron chi connectivity index (χ1n) is 7.18. The summed E-state index contributed by atoms with van der Waals surface area (Å²) in [5, 5.41) is 6.08. The van der Waals surface area contributed by atoms with E-state index in [1.54, 1.807) is 6.20 Å². The molecule has 21 heavy (non-hydrogen) atoms. The Hall–Kier alpha value is -1.59. The second-order valence-corrected chi connectivity index (χ2v) is 6.03. The topological polar surface area (TPSA) is 51.2 Å². The van der Waals surface area contributed by atoms with Gasteiger partial charge < -0.3 is 10.1 Å². The average Bonchev–Trinajstić information content (AvgIpc) is 3.04. The molecule has 0 spiro atoms. The fourth-order valence-electron chi connectivity index (χ4n) is 2.42. The number of carbonyl (C=O) groups excluding carboxylic acids is 1. The molecule has 4 nitrogen and oxygen atoms in total. The molecule has 5 heteroatoms. The van der Waals surface area contributed by atoms with Gasteiger partial charge in [0.15, 0.2) is 0 Å². The van der Waals surface area contributed by atoms with E-state index < -0.39 is 0 Å². The van der Waals surface area contributed by atoms with Crippen molar-refractivity contribution < 1.29 is 9.53 Å². The monoisotopic (exact) mass is 302 g/mol. The van der Waals surface area contributed by atoms with Gasteiger partial charge >= 0.3 is 0 Å². The smallest absolute Gasteiger partial charge is 0.230 e. The molecule has 1 saturated heterocycles. The third-order valence-corrected chi connectivity index (χ3v) is 4.53. The lowest BCUT2D eigenvalue weighted by atomic mass is 10.2. The summed E-state index contributed by atoms with van der Waals surface area (Å²) in [6.45, 7) is 1.43. The van der Waals surface area contributed by atoms with Crippen LogP contribution in [-0.4, -0.2) is 35.9 Å². The molecule has 3 rings (SSSR count). The van der Waals surface area contributed by atoms with Crippen LogP contribution in [0.25, 0.3) is 10.8 Å². The van der Waals surface area contributed by atoms with Crippen molar-refractivity contribution in [1.29, 1.82) is 0 Å². The van der Waals surface area contributed by atoms with Gasteiger partial charge in [-0.05, 0) is 24.3 Å². The Morgan fingerprint density at radius 2 is 2.29 bits per heavy atom. The Morgan fingerprint density at radius 3 is 3.14 bits per heavy atom. The maximum atomic E-state index is 11.9. The maximum Gasteiger partial charge on any atom is 0.230 e. The fraction of sp³-hybridized carbons (Fsp3) is 0.375. The predicted octanol–water partition coefficient (Wildman–Crippen LogP) is 2.62. The van der Waals surface area contributed by atoms with Crippen LogP contribution in [-0.2, 0) is 9.53 Å². The Balaban J connectivity index is 1.54. The summed E-state index contributed by atoms with van der Waals surface area (Å²) < 4.78 is 5.49. The van der Waals surface area contributed by atoms with E-state index in [1.165, 1.54) is 11.8 Å². The van der Waals surface area contributed by atoms with Gasteiger partial charge in [-0.1, -0.05) is 36.0 Å². The minimum absolute atomic E-state index is 0.0326. The quantitative estimate of drug-likeness (QED) is 0.863. The number of pyridine rings is 1. The van der Waals surface area contributed by atoms with Gasteiger partial charge in [0.1, 0.15) is 5.03 Å². The Morgan fingerprint density at radius 1 is 1.38 bits per heavy atom. The molecule has 1 aromatic carbocycles. The van der Waals surface area contributed by atoms with Gasteiger partial charge in [0, 0.05) is 24.7 Å². The molecule has 2 aromatic rings. The van der Waals surface area contributed by atoms with Crippen molar-refractivity contribution >= 4 is 28.4 Å². The number of thioether (sulfide) groups is 1. The number of hydrogen-bond acceptors (Lipinski definition) is 4. The summed E-state index contributed by atoms with van der Waals surface area (Å²) in [4.78, 5) is 16.3. The average molecular weight is 302 g/mol. The number of rotatable bonds is 5. The summed E-state index contributed by atoms with van der Waals surface area (Å²) in [6.07, 6.45) is 4.11. The van der Waals surface area contributed by atoms with E-state index in [0.717, 1.165) is 35.2 Å². The van der Waals surface area contributed by atoms with Crippen LogP contribution in [0.15, 0.2) is 41.6 Å². The van der Waals surface area contributed by atoms with Gasteiger partial charge in [-0.3, -0.25) is 4.79 Å². The van der Waals surface area contributed by atoms with Gasteiger partial charge in [-0.15, -0.1) is 0 Å². The molecule has 2 heterocycles. The molecule has 1 amide bonds. The van der Waals surface area contributed by atoms with E-state index in [2.05, 4.69) is 16.4 Å². The van der Waals surface area contributed by atoms with Gasteiger partial charge in [0.25, 0.3) is 0 Å². The van der Waals surface area contributed by atoms with Gasteiger partial charge in [-0.25, -0.2) is 4.98 Å². The minimum atomic E-state index is 0.0326. The van der Waals surface area contributed by atoms with Crippen LogP contribution in [0.3, 0.4) is 0 Å². The number of nitrogens with zero attached hydrogens (tertiary/aromatic N) is 1. The van der Waals surface area contributed by atoms with Crippen molar-refractivity contribution in [3.63, 3.8) is 0 Å². The standard InChI is InChI=1S/C16H18N2O2S/c19-15(18-10-13-5-3-9-20-13)11-21-16-14-6-2-1-4-12(14)7-8-17-16/h1-2,4,6-8,13H,3,5,9-11H2,(H,18,19)/t13-/m0/s1. The molecule has 1 fully saturated rings. The zero-order chi connectivity index (χ0) is 14.5. The first-order chi connectivity index (χ1) is 10.3. The first-order valence-corrected chi connectivity index (χ1v) is 8.16. The molecule has 0 radical (unpaired) electrons. The van der Waals surface area contributed by atoms with Crippen molar-refractivity contribution in [1.82, 2.24) is 10.3 Å². The number of ether oxygens (including phenoxy) is 1. The lowest BCUT2D eigenvalue weighted by Gasteiger charge is -2.10. The molecular weight excluding hydrogens is 284 g/mol. The third-order valence-electron chi connectivity index (χ3n) is 3.53. The minimum Gasteiger partial charge on any atom is -0.376 e. The van der Waals surface area contributed by atoms with E-state index >= 15 is 0 Å². The highest BCUT2D eigenvalue weighted by atomic mass is 32.2. The van der Waals surface area contributed by atoms with Gasteiger partial charge in [0.05, 0.1) is 11.9 Å². The predicted molar refractivity (Wildman–Crippen MR) is 84.5 cm³/mol. The number of amides is 1. The maximum absolute atomic E-state index is 11.9. The second kappa shape index (κ2) is 6.91. The zero-order valence-electron chi connectivity index (χ0n) is 11.7. The van der Waals surface area contributed by atoms with Crippen LogP contribution in [0.2, 0.25) is 0 Å². The molecule has 110 valence electrons. The Bertz CT molecular complexity index is 621. The molecule has 1 atom stereocenters. The summed E-state index contributed by atoms with van der Waals surface area (Å²) >= 11 is 1.48. The number of hydrogen-bond donors (Lipinski definition) is 1. The molecule has 1 aliphatic heterocycles. The number of nitrogens with one attached hydrogen (secondary N) is 1. The van der Waals surface area contributed by atoms with E-state index in [1.807, 2.05) is 24.3 Å². The highest BCUT2D eigenvalue weighted by Crippen LogP contribution is 2.25. The van der Waals surface area contributed by atoms with Gasteiger partial charge in [-0.2, -0.15) is 0 Å². The van der Waals surface area contributed by atoms with Crippen molar-refractivity contribution in [2.75, 3.05) is 18.9 Å². The number of aromatic nitrogens is 1. The van der Waals surface area contributed by atoms with Crippen LogP contribution in [0.1, 0.15) is 12.8 Å². The van der Waals surface area contributed by atoms with E-state index in [4.69, 9.17) is 4.74 Å². The highest BCUT2D eigenvalue weighted by Gasteiger charge is 2.16. The van der Waals surface area contributed by atoms with Crippen molar-refractivity contribution in [3.8, 4) is 0 Å². The summed E-state index contributed by atoms with van der Waals surface area (Å²) in [5.41, 5.74) is 0. The summed E-state index contributed by atoms with van der Waals surface area (Å²) in [7, 11) is 0. The molecular formula is C16H18N2O2S. The highest BCUT2D eigenvalue weighted by molar-refractivity contribution is 8.00. The number of fused-ring (bicyclic) bond motifs is 1. The van der Waals surface area contributed by atoms with Crippen LogP contribution in [0, 0.1) is 0 Å². The third kappa shape index (κ3) is 3.74. The molecule has 1 N–H and O–H groups in total. The summed E-state index contributed by atoms with van der Waals surface area (Å²) in [6, 6.07) is 10.1. The Kier molecular flexibility index (Phi) is 4.72. The summed E-state index contributed by atoms with van der Waals surface area (Å²) in [5.74, 6) is 0.415. The van der Waals surface area contributed by atoms with Crippen molar-refractivity contribution in [2.45, 2.75) is 24.0 Å². The van der Waals surface area contributed by atoms with Crippen LogP contribution < -0.4 is 5.32 Å². The molecule has 1 aliphatic rings. The number of benzene rings is 1. The van der Waals surface area contributed by atoms with Crippen molar-refractivity contribution in [3.05, 3.63) is 36.5 Å². The largest absolute Gasteiger partial charge is 0.376 e. The molecule has 1 aromatic heterocycles. The lowest BCUT2D eigenvalue weighted by Crippen LogP contribution is -2.32. The van der Waals surface area contributed by atoms with E-state index in [0.29, 0.717) is 12.3 Å².